The molecule has 0 radical (unpaired) electrons. The third-order valence-corrected chi connectivity index (χ3v) is 3.67. The lowest BCUT2D eigenvalue weighted by atomic mass is 10.2. The lowest BCUT2D eigenvalue weighted by Gasteiger charge is -2.13. The topological polar surface area (TPSA) is 82.3 Å². The first-order valence-electron chi connectivity index (χ1n) is 6.14. The second-order valence-corrected chi connectivity index (χ2v) is 5.92. The molecule has 6 nitrogen and oxygen atoms in total. The lowest BCUT2D eigenvalue weighted by Crippen LogP contribution is -2.08. The van der Waals surface area contributed by atoms with E-state index in [1.165, 1.54) is 18.2 Å². The normalized spacial score (nSPS) is 11.8. The van der Waals surface area contributed by atoms with Gasteiger partial charge < -0.3 is 4.90 Å². The highest BCUT2D eigenvalue weighted by molar-refractivity contribution is 7.86. The van der Waals surface area contributed by atoms with E-state index in [-0.39, 0.29) is 10.6 Å². The fourth-order valence-corrected chi connectivity index (χ4v) is 2.42. The van der Waals surface area contributed by atoms with Crippen molar-refractivity contribution in [1.29, 1.82) is 0 Å². The SMILES string of the molecule is CN(C)c1ccccc1N=Nc1ccccc1S(=O)(=O)O. The number of azo groups is 1. The van der Waals surface area contributed by atoms with E-state index in [1.54, 1.807) is 12.1 Å². The van der Waals surface area contributed by atoms with Crippen molar-refractivity contribution < 1.29 is 13.0 Å². The summed E-state index contributed by atoms with van der Waals surface area (Å²) >= 11 is 0. The minimum atomic E-state index is -4.33. The van der Waals surface area contributed by atoms with Gasteiger partial charge >= 0.3 is 0 Å². The van der Waals surface area contributed by atoms with Crippen LogP contribution in [0.2, 0.25) is 0 Å². The van der Waals surface area contributed by atoms with Crippen LogP contribution in [0.25, 0.3) is 0 Å². The van der Waals surface area contributed by atoms with Gasteiger partial charge in [0.15, 0.2) is 0 Å². The molecule has 0 bridgehead atoms. The molecule has 0 atom stereocenters. The Labute approximate surface area is 123 Å². The highest BCUT2D eigenvalue weighted by Crippen LogP contribution is 2.30. The van der Waals surface area contributed by atoms with Gasteiger partial charge in [0.25, 0.3) is 10.1 Å². The zero-order chi connectivity index (χ0) is 15.5. The van der Waals surface area contributed by atoms with Crippen LogP contribution in [-0.4, -0.2) is 27.1 Å². The molecule has 0 fully saturated rings. The predicted molar refractivity (Wildman–Crippen MR) is 81.2 cm³/mol. The maximum atomic E-state index is 11.3. The molecular weight excluding hydrogens is 290 g/mol. The molecular formula is C14H15N3O3S. The van der Waals surface area contributed by atoms with Crippen LogP contribution in [0.5, 0.6) is 0 Å². The first kappa shape index (κ1) is 15.1. The van der Waals surface area contributed by atoms with Gasteiger partial charge in [0.1, 0.15) is 16.3 Å². The van der Waals surface area contributed by atoms with Crippen LogP contribution in [0.4, 0.5) is 17.1 Å². The van der Waals surface area contributed by atoms with Crippen molar-refractivity contribution in [3.63, 3.8) is 0 Å². The summed E-state index contributed by atoms with van der Waals surface area (Å²) in [7, 11) is -0.578. The molecule has 0 amide bonds. The number of nitrogens with zero attached hydrogens (tertiary/aromatic N) is 3. The number of benzene rings is 2. The van der Waals surface area contributed by atoms with Gasteiger partial charge in [-0.15, -0.1) is 10.2 Å². The maximum absolute atomic E-state index is 11.3. The Bertz CT molecular complexity index is 771. The van der Waals surface area contributed by atoms with Crippen LogP contribution in [0.3, 0.4) is 0 Å². The van der Waals surface area contributed by atoms with Crippen LogP contribution < -0.4 is 4.90 Å². The smallest absolute Gasteiger partial charge is 0.296 e. The van der Waals surface area contributed by atoms with Crippen molar-refractivity contribution in [2.75, 3.05) is 19.0 Å². The quantitative estimate of drug-likeness (QED) is 0.693. The molecule has 0 aromatic heterocycles. The molecule has 0 aliphatic heterocycles. The summed E-state index contributed by atoms with van der Waals surface area (Å²) < 4.78 is 31.7. The van der Waals surface area contributed by atoms with E-state index in [2.05, 4.69) is 10.2 Å². The molecule has 1 N–H and O–H groups in total. The molecule has 0 spiro atoms. The van der Waals surface area contributed by atoms with Crippen LogP contribution in [-0.2, 0) is 10.1 Å². The molecule has 0 saturated carbocycles. The Morgan fingerprint density at radius 2 is 1.43 bits per heavy atom. The van der Waals surface area contributed by atoms with E-state index in [0.717, 1.165) is 5.69 Å². The van der Waals surface area contributed by atoms with E-state index in [0.29, 0.717) is 5.69 Å². The summed E-state index contributed by atoms with van der Waals surface area (Å²) in [4.78, 5) is 1.61. The van der Waals surface area contributed by atoms with Crippen LogP contribution in [0, 0.1) is 0 Å². The highest BCUT2D eigenvalue weighted by Gasteiger charge is 2.14. The third kappa shape index (κ3) is 3.65. The summed E-state index contributed by atoms with van der Waals surface area (Å²) in [6.45, 7) is 0. The summed E-state index contributed by atoms with van der Waals surface area (Å²) in [6, 6.07) is 13.2. The Morgan fingerprint density at radius 1 is 0.905 bits per heavy atom. The average Bonchev–Trinajstić information content (AvgIpc) is 2.44. The zero-order valence-corrected chi connectivity index (χ0v) is 12.4. The Hall–Kier alpha value is -2.25. The Kier molecular flexibility index (Phi) is 4.35. The second-order valence-electron chi connectivity index (χ2n) is 4.53. The third-order valence-electron chi connectivity index (χ3n) is 2.77. The molecule has 7 heteroatoms. The van der Waals surface area contributed by atoms with Gasteiger partial charge in [0.2, 0.25) is 0 Å². The molecule has 2 aromatic carbocycles. The van der Waals surface area contributed by atoms with Crippen LogP contribution >= 0.6 is 0 Å². The number of hydrogen-bond donors (Lipinski definition) is 1. The van der Waals surface area contributed by atoms with Crippen molar-refractivity contribution in [2.24, 2.45) is 10.2 Å². The van der Waals surface area contributed by atoms with Crippen LogP contribution in [0.15, 0.2) is 63.7 Å². The molecule has 110 valence electrons. The van der Waals surface area contributed by atoms with E-state index in [1.807, 2.05) is 37.2 Å². The summed E-state index contributed by atoms with van der Waals surface area (Å²) in [5, 5.41) is 8.02. The van der Waals surface area contributed by atoms with Crippen LogP contribution in [0.1, 0.15) is 0 Å². The first-order valence-corrected chi connectivity index (χ1v) is 7.58. The lowest BCUT2D eigenvalue weighted by molar-refractivity contribution is 0.483. The fourth-order valence-electron chi connectivity index (χ4n) is 1.79. The van der Waals surface area contributed by atoms with Crippen molar-refractivity contribution in [3.8, 4) is 0 Å². The van der Waals surface area contributed by atoms with Gasteiger partial charge in [-0.25, -0.2) is 0 Å². The fraction of sp³-hybridized carbons (Fsp3) is 0.143. The molecule has 21 heavy (non-hydrogen) atoms. The maximum Gasteiger partial charge on any atom is 0.296 e. The molecule has 0 unspecified atom stereocenters. The zero-order valence-electron chi connectivity index (χ0n) is 11.6. The number of anilines is 1. The molecule has 0 heterocycles. The van der Waals surface area contributed by atoms with Gasteiger partial charge in [0, 0.05) is 14.1 Å². The van der Waals surface area contributed by atoms with Crippen molar-refractivity contribution >= 4 is 27.2 Å². The van der Waals surface area contributed by atoms with E-state index >= 15 is 0 Å². The molecule has 0 aliphatic rings. The van der Waals surface area contributed by atoms with E-state index < -0.39 is 10.1 Å². The highest BCUT2D eigenvalue weighted by atomic mass is 32.2. The van der Waals surface area contributed by atoms with Crippen molar-refractivity contribution in [2.45, 2.75) is 4.90 Å². The molecule has 2 aromatic rings. The first-order chi connectivity index (χ1) is 9.89. The summed E-state index contributed by atoms with van der Waals surface area (Å²) in [5.74, 6) is 0. The minimum Gasteiger partial charge on any atom is -0.376 e. The largest absolute Gasteiger partial charge is 0.376 e. The van der Waals surface area contributed by atoms with Gasteiger partial charge in [-0.3, -0.25) is 4.55 Å². The van der Waals surface area contributed by atoms with Gasteiger partial charge in [-0.2, -0.15) is 8.42 Å². The van der Waals surface area contributed by atoms with Gasteiger partial charge in [0.05, 0.1) is 5.69 Å². The van der Waals surface area contributed by atoms with Gasteiger partial charge in [-0.1, -0.05) is 24.3 Å². The summed E-state index contributed by atoms with van der Waals surface area (Å²) in [5.41, 5.74) is 1.55. The molecule has 0 saturated heterocycles. The van der Waals surface area contributed by atoms with Crippen molar-refractivity contribution in [1.82, 2.24) is 0 Å². The van der Waals surface area contributed by atoms with Gasteiger partial charge in [-0.05, 0) is 24.3 Å². The molecule has 0 aliphatic carbocycles. The molecule has 2 rings (SSSR count). The Morgan fingerprint density at radius 3 is 2.05 bits per heavy atom. The minimum absolute atomic E-state index is 0.0913. The standard InChI is InChI=1S/C14H15N3O3S/c1-17(2)13-9-5-3-7-11(13)15-16-12-8-4-6-10-14(12)21(18,19)20/h3-10H,1-2H3,(H,18,19,20). The Balaban J connectivity index is 2.44. The monoisotopic (exact) mass is 305 g/mol. The number of para-hydroxylation sites is 1. The number of hydrogen-bond acceptors (Lipinski definition) is 5. The number of rotatable bonds is 4. The summed E-state index contributed by atoms with van der Waals surface area (Å²) in [6.07, 6.45) is 0. The van der Waals surface area contributed by atoms with Crippen molar-refractivity contribution in [3.05, 3.63) is 48.5 Å². The predicted octanol–water partition coefficient (Wildman–Crippen LogP) is 3.41. The van der Waals surface area contributed by atoms with E-state index in [4.69, 9.17) is 0 Å². The van der Waals surface area contributed by atoms with E-state index in [9.17, 15) is 13.0 Å². The average molecular weight is 305 g/mol. The second kappa shape index (κ2) is 6.02.